The van der Waals surface area contributed by atoms with Crippen LogP contribution in [0.4, 0.5) is 5.69 Å². The van der Waals surface area contributed by atoms with Gasteiger partial charge in [-0.2, -0.15) is 0 Å². The molecule has 0 aromatic heterocycles. The smallest absolute Gasteiger partial charge is 0.231 e. The van der Waals surface area contributed by atoms with E-state index in [0.717, 1.165) is 47.4 Å². The monoisotopic (exact) mass is 600 g/mol. The van der Waals surface area contributed by atoms with Gasteiger partial charge in [-0.15, -0.1) is 0 Å². The van der Waals surface area contributed by atoms with Crippen LogP contribution in [0.2, 0.25) is 10.0 Å². The van der Waals surface area contributed by atoms with E-state index in [9.17, 15) is 4.79 Å². The van der Waals surface area contributed by atoms with Crippen molar-refractivity contribution >= 4 is 34.8 Å². The summed E-state index contributed by atoms with van der Waals surface area (Å²) in [4.78, 5) is 15.5. The van der Waals surface area contributed by atoms with Crippen LogP contribution in [-0.4, -0.2) is 52.5 Å². The molecule has 41 heavy (non-hydrogen) atoms. The van der Waals surface area contributed by atoms with Gasteiger partial charge in [0.05, 0.1) is 22.6 Å². The van der Waals surface area contributed by atoms with Crippen LogP contribution in [-0.2, 0) is 22.4 Å². The van der Waals surface area contributed by atoms with E-state index in [1.54, 1.807) is 7.11 Å². The van der Waals surface area contributed by atoms with Gasteiger partial charge in [-0.3, -0.25) is 4.79 Å². The van der Waals surface area contributed by atoms with Crippen molar-refractivity contribution in [2.45, 2.75) is 32.6 Å². The number of fused-ring (bicyclic) bond motifs is 1. The van der Waals surface area contributed by atoms with Crippen LogP contribution < -0.4 is 24.8 Å². The quantitative estimate of drug-likeness (QED) is 0.219. The number of carbonyl (C=O) groups excluding carboxylic acids is 1. The second-order valence-corrected chi connectivity index (χ2v) is 10.9. The molecule has 1 heterocycles. The predicted molar refractivity (Wildman–Crippen MR) is 164 cm³/mol. The number of ether oxygens (including phenoxy) is 4. The Morgan fingerprint density at radius 2 is 1.61 bits per heavy atom. The zero-order chi connectivity index (χ0) is 29.2. The summed E-state index contributed by atoms with van der Waals surface area (Å²) in [5.41, 5.74) is 10.2. The van der Waals surface area contributed by atoms with Crippen LogP contribution in [0.15, 0.2) is 54.6 Å². The van der Waals surface area contributed by atoms with Gasteiger partial charge < -0.3 is 29.6 Å². The molecular formula is C32H38Cl2N2O5. The van der Waals surface area contributed by atoms with E-state index in [0.29, 0.717) is 60.9 Å². The molecule has 0 radical (unpaired) electrons. The molecule has 1 unspecified atom stereocenters. The second-order valence-electron chi connectivity index (χ2n) is 10.1. The highest BCUT2D eigenvalue weighted by atomic mass is 35.5. The number of methoxy groups -OCH3 is 1. The maximum absolute atomic E-state index is 13.6. The molecule has 0 bridgehead atoms. The Kier molecular flexibility index (Phi) is 11.6. The van der Waals surface area contributed by atoms with E-state index in [4.69, 9.17) is 47.9 Å². The van der Waals surface area contributed by atoms with Gasteiger partial charge in [-0.25, -0.2) is 0 Å². The van der Waals surface area contributed by atoms with E-state index in [-0.39, 0.29) is 18.4 Å². The van der Waals surface area contributed by atoms with Gasteiger partial charge in [0.2, 0.25) is 5.91 Å². The number of nitrogens with zero attached hydrogens (tertiary/aromatic N) is 1. The Morgan fingerprint density at radius 3 is 2.32 bits per heavy atom. The summed E-state index contributed by atoms with van der Waals surface area (Å²) in [5.74, 6) is 1.71. The minimum absolute atomic E-state index is 0.0492. The van der Waals surface area contributed by atoms with Gasteiger partial charge in [-0.1, -0.05) is 35.3 Å². The summed E-state index contributed by atoms with van der Waals surface area (Å²) < 4.78 is 22.5. The lowest BCUT2D eigenvalue weighted by Crippen LogP contribution is -2.42. The van der Waals surface area contributed by atoms with Crippen LogP contribution in [0.3, 0.4) is 0 Å². The standard InChI is InChI=1S/C32H38Cl2N2O5/c1-22-17-28(33)31(29(34)18-22)41-16-15-40-26-8-6-23(7-9-26)19-25(21-35)32(37)36-12-3-5-24-20-27(10-11-30(24)36)39-14-4-13-38-2/h6-11,17-18,20,25H,3-5,12-16,19,21,35H2,1-2H3. The van der Waals surface area contributed by atoms with Crippen molar-refractivity contribution < 1.29 is 23.7 Å². The molecule has 0 saturated heterocycles. The number of hydrogen-bond acceptors (Lipinski definition) is 6. The lowest BCUT2D eigenvalue weighted by Gasteiger charge is -2.32. The molecule has 7 nitrogen and oxygen atoms in total. The Labute approximate surface area is 252 Å². The van der Waals surface area contributed by atoms with Crippen LogP contribution in [0.25, 0.3) is 0 Å². The van der Waals surface area contributed by atoms with Crippen LogP contribution in [0, 0.1) is 12.8 Å². The van der Waals surface area contributed by atoms with Crippen molar-refractivity contribution in [3.05, 3.63) is 81.3 Å². The number of anilines is 1. The fraction of sp³-hybridized carbons (Fsp3) is 0.406. The van der Waals surface area contributed by atoms with Crippen molar-refractivity contribution in [1.82, 2.24) is 0 Å². The summed E-state index contributed by atoms with van der Waals surface area (Å²) in [5, 5.41) is 0.952. The van der Waals surface area contributed by atoms with Crippen molar-refractivity contribution in [2.75, 3.05) is 51.5 Å². The summed E-state index contributed by atoms with van der Waals surface area (Å²) >= 11 is 12.5. The van der Waals surface area contributed by atoms with Crippen molar-refractivity contribution in [3.8, 4) is 17.2 Å². The first-order chi connectivity index (χ1) is 19.9. The number of rotatable bonds is 14. The molecule has 0 aliphatic carbocycles. The third-order valence-electron chi connectivity index (χ3n) is 6.98. The topological polar surface area (TPSA) is 83.3 Å². The third-order valence-corrected chi connectivity index (χ3v) is 7.54. The maximum Gasteiger partial charge on any atom is 0.231 e. The first-order valence-corrected chi connectivity index (χ1v) is 14.7. The minimum Gasteiger partial charge on any atom is -0.493 e. The number of halogens is 2. The molecular weight excluding hydrogens is 563 g/mol. The van der Waals surface area contributed by atoms with Crippen LogP contribution in [0.5, 0.6) is 17.2 Å². The maximum atomic E-state index is 13.6. The van der Waals surface area contributed by atoms with E-state index in [1.807, 2.05) is 66.4 Å². The predicted octanol–water partition coefficient (Wildman–Crippen LogP) is 6.27. The van der Waals surface area contributed by atoms with E-state index >= 15 is 0 Å². The SMILES string of the molecule is COCCCOc1ccc2c(c1)CCCN2C(=O)C(CN)Cc1ccc(OCCOc2c(Cl)cc(C)cc2Cl)cc1. The molecule has 1 aliphatic heterocycles. The largest absolute Gasteiger partial charge is 0.493 e. The average molecular weight is 602 g/mol. The van der Waals surface area contributed by atoms with E-state index < -0.39 is 0 Å². The summed E-state index contributed by atoms with van der Waals surface area (Å²) in [6.07, 6.45) is 3.20. The molecule has 1 amide bonds. The molecule has 220 valence electrons. The Hall–Kier alpha value is -2.97. The lowest BCUT2D eigenvalue weighted by atomic mass is 9.95. The first kappa shape index (κ1) is 31.0. The van der Waals surface area contributed by atoms with Crippen molar-refractivity contribution in [3.63, 3.8) is 0 Å². The van der Waals surface area contributed by atoms with E-state index in [1.165, 1.54) is 0 Å². The Morgan fingerprint density at radius 1 is 0.927 bits per heavy atom. The van der Waals surface area contributed by atoms with E-state index in [2.05, 4.69) is 0 Å². The highest BCUT2D eigenvalue weighted by molar-refractivity contribution is 6.37. The van der Waals surface area contributed by atoms with Crippen LogP contribution in [0.1, 0.15) is 29.5 Å². The highest BCUT2D eigenvalue weighted by Crippen LogP contribution is 2.34. The van der Waals surface area contributed by atoms with Crippen LogP contribution >= 0.6 is 23.2 Å². The number of aryl methyl sites for hydroxylation is 2. The lowest BCUT2D eigenvalue weighted by molar-refractivity contribution is -0.122. The summed E-state index contributed by atoms with van der Waals surface area (Å²) in [6, 6.07) is 17.3. The molecule has 1 atom stereocenters. The van der Waals surface area contributed by atoms with Crippen molar-refractivity contribution in [1.29, 1.82) is 0 Å². The molecule has 3 aromatic rings. The molecule has 3 aromatic carbocycles. The molecule has 0 fully saturated rings. The molecule has 2 N–H and O–H groups in total. The normalized spacial score (nSPS) is 13.4. The minimum atomic E-state index is -0.324. The second kappa shape index (κ2) is 15.3. The summed E-state index contributed by atoms with van der Waals surface area (Å²) in [6.45, 7) is 4.77. The summed E-state index contributed by atoms with van der Waals surface area (Å²) in [7, 11) is 1.68. The van der Waals surface area contributed by atoms with Gasteiger partial charge in [0.15, 0.2) is 5.75 Å². The third kappa shape index (κ3) is 8.52. The number of amides is 1. The average Bonchev–Trinajstić information content (AvgIpc) is 2.97. The van der Waals surface area contributed by atoms with Crippen molar-refractivity contribution in [2.24, 2.45) is 11.7 Å². The molecule has 0 saturated carbocycles. The fourth-order valence-electron chi connectivity index (χ4n) is 4.91. The van der Waals surface area contributed by atoms with Gasteiger partial charge in [0.1, 0.15) is 24.7 Å². The molecule has 1 aliphatic rings. The molecule has 0 spiro atoms. The zero-order valence-electron chi connectivity index (χ0n) is 23.7. The Balaban J connectivity index is 1.30. The van der Waals surface area contributed by atoms with Gasteiger partial charge in [0.25, 0.3) is 0 Å². The molecule has 9 heteroatoms. The number of benzene rings is 3. The molecule has 4 rings (SSSR count). The zero-order valence-corrected chi connectivity index (χ0v) is 25.2. The van der Waals surface area contributed by atoms with Gasteiger partial charge in [0, 0.05) is 38.9 Å². The number of carbonyl (C=O) groups is 1. The first-order valence-electron chi connectivity index (χ1n) is 14.0. The number of nitrogens with two attached hydrogens (primary N) is 1. The van der Waals surface area contributed by atoms with Gasteiger partial charge >= 0.3 is 0 Å². The fourth-order valence-corrected chi connectivity index (χ4v) is 5.62. The Bertz CT molecular complexity index is 1280. The van der Waals surface area contributed by atoms with Gasteiger partial charge in [-0.05, 0) is 85.3 Å². The highest BCUT2D eigenvalue weighted by Gasteiger charge is 2.28. The number of hydrogen-bond donors (Lipinski definition) is 1.